The van der Waals surface area contributed by atoms with E-state index < -0.39 is 6.10 Å². The van der Waals surface area contributed by atoms with Crippen LogP contribution in [0.15, 0.2) is 61.2 Å². The van der Waals surface area contributed by atoms with Gasteiger partial charge in [0, 0.05) is 5.69 Å². The Morgan fingerprint density at radius 2 is 1.92 bits per heavy atom. The molecule has 0 aliphatic heterocycles. The zero-order valence-corrected chi connectivity index (χ0v) is 13.6. The minimum absolute atomic E-state index is 0.284. The molecule has 1 amide bonds. The van der Waals surface area contributed by atoms with Gasteiger partial charge in [-0.3, -0.25) is 4.79 Å². The average molecular weight is 340 g/mol. The van der Waals surface area contributed by atoms with E-state index in [4.69, 9.17) is 4.74 Å². The largest absolute Gasteiger partial charge is 0.481 e. The van der Waals surface area contributed by atoms with Gasteiger partial charge in [0.1, 0.15) is 24.2 Å². The topological polar surface area (TPSA) is 69.0 Å². The van der Waals surface area contributed by atoms with E-state index in [1.54, 1.807) is 17.9 Å². The molecule has 0 saturated carbocycles. The fourth-order valence-corrected chi connectivity index (χ4v) is 2.21. The summed E-state index contributed by atoms with van der Waals surface area (Å²) in [7, 11) is 0. The number of carbonyl (C=O) groups is 1. The molecule has 0 saturated heterocycles. The number of anilines is 1. The number of rotatable bonds is 6. The Bertz CT molecular complexity index is 817. The highest BCUT2D eigenvalue weighted by atomic mass is 19.1. The fourth-order valence-electron chi connectivity index (χ4n) is 2.21. The number of aromatic nitrogens is 3. The van der Waals surface area contributed by atoms with Gasteiger partial charge in [0.2, 0.25) is 0 Å². The van der Waals surface area contributed by atoms with Crippen LogP contribution in [0.4, 0.5) is 10.1 Å². The summed E-state index contributed by atoms with van der Waals surface area (Å²) in [6.07, 6.45) is 2.42. The van der Waals surface area contributed by atoms with Crippen LogP contribution in [-0.4, -0.2) is 26.8 Å². The standard InChI is InChI=1S/C18H17FN4O2/c1-13(25-17-8-4-15(19)5-9-17)18(24)22-16-6-2-14(3-7-16)10-23-12-20-11-21-23/h2-9,11-13H,10H2,1H3,(H,22,24)/t13-/m1/s1. The second-order valence-electron chi connectivity index (χ2n) is 5.49. The van der Waals surface area contributed by atoms with Gasteiger partial charge in [-0.25, -0.2) is 14.1 Å². The van der Waals surface area contributed by atoms with Gasteiger partial charge in [-0.05, 0) is 48.9 Å². The number of hydrogen-bond donors (Lipinski definition) is 1. The molecule has 1 aromatic heterocycles. The molecule has 7 heteroatoms. The molecular weight excluding hydrogens is 323 g/mol. The summed E-state index contributed by atoms with van der Waals surface area (Å²) in [6.45, 7) is 2.25. The van der Waals surface area contributed by atoms with Gasteiger partial charge in [-0.15, -0.1) is 0 Å². The first-order chi connectivity index (χ1) is 12.1. The highest BCUT2D eigenvalue weighted by molar-refractivity contribution is 5.94. The van der Waals surface area contributed by atoms with E-state index >= 15 is 0 Å². The Labute approximate surface area is 144 Å². The molecule has 1 heterocycles. The lowest BCUT2D eigenvalue weighted by Gasteiger charge is -2.15. The first-order valence-corrected chi connectivity index (χ1v) is 7.74. The zero-order valence-electron chi connectivity index (χ0n) is 13.6. The Balaban J connectivity index is 1.55. The van der Waals surface area contributed by atoms with Crippen molar-refractivity contribution in [3.8, 4) is 5.75 Å². The Morgan fingerprint density at radius 1 is 1.20 bits per heavy atom. The third-order valence-electron chi connectivity index (χ3n) is 3.53. The first-order valence-electron chi connectivity index (χ1n) is 7.74. The van der Waals surface area contributed by atoms with Crippen LogP contribution in [0, 0.1) is 5.82 Å². The average Bonchev–Trinajstić information content (AvgIpc) is 3.11. The molecule has 1 atom stereocenters. The molecule has 0 fully saturated rings. The first kappa shape index (κ1) is 16.6. The predicted octanol–water partition coefficient (Wildman–Crippen LogP) is 2.87. The van der Waals surface area contributed by atoms with Crippen molar-refractivity contribution in [1.29, 1.82) is 0 Å². The maximum Gasteiger partial charge on any atom is 0.265 e. The molecule has 25 heavy (non-hydrogen) atoms. The van der Waals surface area contributed by atoms with Crippen molar-refractivity contribution in [2.45, 2.75) is 19.6 Å². The van der Waals surface area contributed by atoms with Gasteiger partial charge >= 0.3 is 0 Å². The van der Waals surface area contributed by atoms with E-state index in [1.807, 2.05) is 24.3 Å². The van der Waals surface area contributed by atoms with E-state index in [0.29, 0.717) is 18.0 Å². The van der Waals surface area contributed by atoms with E-state index in [2.05, 4.69) is 15.4 Å². The summed E-state index contributed by atoms with van der Waals surface area (Å²) < 4.78 is 20.1. The fraction of sp³-hybridized carbons (Fsp3) is 0.167. The Hall–Kier alpha value is -3.22. The van der Waals surface area contributed by atoms with E-state index in [1.165, 1.54) is 30.6 Å². The van der Waals surface area contributed by atoms with Crippen molar-refractivity contribution < 1.29 is 13.9 Å². The summed E-state index contributed by atoms with van der Waals surface area (Å²) in [5.74, 6) is -0.198. The predicted molar refractivity (Wildman–Crippen MR) is 90.7 cm³/mol. The van der Waals surface area contributed by atoms with Gasteiger partial charge in [0.15, 0.2) is 6.10 Å². The second kappa shape index (κ2) is 7.57. The van der Waals surface area contributed by atoms with Crippen LogP contribution in [0.3, 0.4) is 0 Å². The number of nitrogens with one attached hydrogen (secondary N) is 1. The molecule has 0 spiro atoms. The number of hydrogen-bond acceptors (Lipinski definition) is 4. The normalized spacial score (nSPS) is 11.8. The molecule has 3 aromatic rings. The maximum atomic E-state index is 12.9. The number of halogens is 1. The quantitative estimate of drug-likeness (QED) is 0.749. The van der Waals surface area contributed by atoms with Crippen LogP contribution in [0.25, 0.3) is 0 Å². The van der Waals surface area contributed by atoms with Crippen LogP contribution in [0.2, 0.25) is 0 Å². The molecule has 6 nitrogen and oxygen atoms in total. The van der Waals surface area contributed by atoms with Crippen molar-refractivity contribution in [2.75, 3.05) is 5.32 Å². The third kappa shape index (κ3) is 4.63. The molecular formula is C18H17FN4O2. The smallest absolute Gasteiger partial charge is 0.265 e. The maximum absolute atomic E-state index is 12.9. The summed E-state index contributed by atoms with van der Waals surface area (Å²) in [6, 6.07) is 13.0. The van der Waals surface area contributed by atoms with E-state index in [0.717, 1.165) is 5.56 Å². The molecule has 0 bridgehead atoms. The molecule has 0 aliphatic rings. The SMILES string of the molecule is C[C@@H](Oc1ccc(F)cc1)C(=O)Nc1ccc(Cn2cncn2)cc1. The van der Waals surface area contributed by atoms with Crippen molar-refractivity contribution in [2.24, 2.45) is 0 Å². The summed E-state index contributed by atoms with van der Waals surface area (Å²) in [5, 5.41) is 6.83. The number of amides is 1. The van der Waals surface area contributed by atoms with Crippen LogP contribution in [0.5, 0.6) is 5.75 Å². The molecule has 128 valence electrons. The lowest BCUT2D eigenvalue weighted by Crippen LogP contribution is -2.30. The minimum atomic E-state index is -0.708. The molecule has 2 aromatic carbocycles. The highest BCUT2D eigenvalue weighted by Gasteiger charge is 2.15. The zero-order chi connectivity index (χ0) is 17.6. The van der Waals surface area contributed by atoms with Gasteiger partial charge in [0.05, 0.1) is 6.54 Å². The molecule has 0 unspecified atom stereocenters. The third-order valence-corrected chi connectivity index (χ3v) is 3.53. The Kier molecular flexibility index (Phi) is 5.03. The van der Waals surface area contributed by atoms with Crippen LogP contribution in [0.1, 0.15) is 12.5 Å². The molecule has 0 aliphatic carbocycles. The molecule has 0 radical (unpaired) electrons. The number of carbonyl (C=O) groups excluding carboxylic acids is 1. The van der Waals surface area contributed by atoms with Crippen molar-refractivity contribution >= 4 is 11.6 Å². The van der Waals surface area contributed by atoms with Gasteiger partial charge in [0.25, 0.3) is 5.91 Å². The van der Waals surface area contributed by atoms with Gasteiger partial charge < -0.3 is 10.1 Å². The molecule has 1 N–H and O–H groups in total. The lowest BCUT2D eigenvalue weighted by atomic mass is 10.2. The van der Waals surface area contributed by atoms with Crippen molar-refractivity contribution in [3.05, 3.63) is 72.6 Å². The highest BCUT2D eigenvalue weighted by Crippen LogP contribution is 2.15. The summed E-state index contributed by atoms with van der Waals surface area (Å²) >= 11 is 0. The second-order valence-corrected chi connectivity index (χ2v) is 5.49. The van der Waals surface area contributed by atoms with Gasteiger partial charge in [-0.2, -0.15) is 5.10 Å². The number of ether oxygens (including phenoxy) is 1. The lowest BCUT2D eigenvalue weighted by molar-refractivity contribution is -0.122. The summed E-state index contributed by atoms with van der Waals surface area (Å²) in [5.41, 5.74) is 1.71. The summed E-state index contributed by atoms with van der Waals surface area (Å²) in [4.78, 5) is 16.1. The van der Waals surface area contributed by atoms with Gasteiger partial charge in [-0.1, -0.05) is 12.1 Å². The van der Waals surface area contributed by atoms with Crippen molar-refractivity contribution in [3.63, 3.8) is 0 Å². The number of benzene rings is 2. The Morgan fingerprint density at radius 3 is 2.56 bits per heavy atom. The monoisotopic (exact) mass is 340 g/mol. The van der Waals surface area contributed by atoms with Crippen LogP contribution in [-0.2, 0) is 11.3 Å². The minimum Gasteiger partial charge on any atom is -0.481 e. The number of nitrogens with zero attached hydrogens (tertiary/aromatic N) is 3. The van der Waals surface area contributed by atoms with Crippen LogP contribution < -0.4 is 10.1 Å². The molecule has 3 rings (SSSR count). The van der Waals surface area contributed by atoms with Crippen LogP contribution >= 0.6 is 0 Å². The van der Waals surface area contributed by atoms with E-state index in [9.17, 15) is 9.18 Å². The van der Waals surface area contributed by atoms with Crippen molar-refractivity contribution in [1.82, 2.24) is 14.8 Å². The van der Waals surface area contributed by atoms with E-state index in [-0.39, 0.29) is 11.7 Å².